The second kappa shape index (κ2) is 4.81. The first kappa shape index (κ1) is 9.98. The molecule has 5 nitrogen and oxygen atoms in total. The third-order valence-corrected chi connectivity index (χ3v) is 1.72. The Bertz CT molecular complexity index is 287. The maximum absolute atomic E-state index is 10.9. The number of carbonyl (C=O) groups is 1. The summed E-state index contributed by atoms with van der Waals surface area (Å²) < 4.78 is 6.04. The smallest absolute Gasteiger partial charge is 0.360 e. The van der Waals surface area contributed by atoms with Gasteiger partial charge in [0, 0.05) is 12.4 Å². The summed E-state index contributed by atoms with van der Waals surface area (Å²) in [7, 11) is 1.31. The Morgan fingerprint density at radius 1 is 1.77 bits per heavy atom. The van der Waals surface area contributed by atoms with Gasteiger partial charge in [-0.1, -0.05) is 5.21 Å². The second-order valence-electron chi connectivity index (χ2n) is 2.40. The fourth-order valence-electron chi connectivity index (χ4n) is 0.828. The number of hydrogen-bond donors (Lipinski definition) is 0. The summed E-state index contributed by atoms with van der Waals surface area (Å²) in [6.45, 7) is 0.660. The van der Waals surface area contributed by atoms with E-state index < -0.39 is 5.97 Å². The van der Waals surface area contributed by atoms with Crippen molar-refractivity contribution in [1.29, 1.82) is 0 Å². The summed E-state index contributed by atoms with van der Waals surface area (Å²) >= 11 is 5.49. The van der Waals surface area contributed by atoms with Crippen LogP contribution in [0.15, 0.2) is 6.20 Å². The molecular weight excluding hydrogens is 194 g/mol. The third-order valence-electron chi connectivity index (χ3n) is 1.45. The Balaban J connectivity index is 2.58. The SMILES string of the molecule is COC(=O)c1cn(CCCCl)nn1. The quantitative estimate of drug-likeness (QED) is 0.534. The zero-order chi connectivity index (χ0) is 9.68. The molecule has 1 aromatic rings. The molecule has 1 rings (SSSR count). The predicted octanol–water partition coefficient (Wildman–Crippen LogP) is 0.694. The number of aryl methyl sites for hydroxylation is 1. The molecule has 72 valence electrons. The average molecular weight is 204 g/mol. The van der Waals surface area contributed by atoms with Crippen molar-refractivity contribution in [3.05, 3.63) is 11.9 Å². The largest absolute Gasteiger partial charge is 0.464 e. The molecule has 0 aliphatic rings. The highest BCUT2D eigenvalue weighted by molar-refractivity contribution is 6.17. The highest BCUT2D eigenvalue weighted by Crippen LogP contribution is 1.97. The second-order valence-corrected chi connectivity index (χ2v) is 2.78. The minimum Gasteiger partial charge on any atom is -0.464 e. The van der Waals surface area contributed by atoms with Crippen molar-refractivity contribution in [3.63, 3.8) is 0 Å². The van der Waals surface area contributed by atoms with Gasteiger partial charge in [-0.25, -0.2) is 4.79 Å². The molecule has 0 aromatic carbocycles. The normalized spacial score (nSPS) is 10.0. The molecule has 0 unspecified atom stereocenters. The van der Waals surface area contributed by atoms with E-state index in [1.165, 1.54) is 7.11 Å². The van der Waals surface area contributed by atoms with Gasteiger partial charge in [-0.05, 0) is 6.42 Å². The van der Waals surface area contributed by atoms with Gasteiger partial charge in [0.05, 0.1) is 13.3 Å². The summed E-state index contributed by atoms with van der Waals surface area (Å²) in [6, 6.07) is 0. The van der Waals surface area contributed by atoms with E-state index >= 15 is 0 Å². The van der Waals surface area contributed by atoms with Crippen LogP contribution < -0.4 is 0 Å². The molecule has 0 bridgehead atoms. The minimum atomic E-state index is -0.475. The Morgan fingerprint density at radius 2 is 2.54 bits per heavy atom. The van der Waals surface area contributed by atoms with Gasteiger partial charge < -0.3 is 4.74 Å². The number of esters is 1. The van der Waals surface area contributed by atoms with Crippen LogP contribution in [0.2, 0.25) is 0 Å². The minimum absolute atomic E-state index is 0.220. The molecule has 0 saturated carbocycles. The Hall–Kier alpha value is -1.10. The predicted molar refractivity (Wildman–Crippen MR) is 46.7 cm³/mol. The number of methoxy groups -OCH3 is 1. The Labute approximate surface area is 80.6 Å². The number of alkyl halides is 1. The molecule has 0 saturated heterocycles. The molecule has 0 aliphatic carbocycles. The number of nitrogens with zero attached hydrogens (tertiary/aromatic N) is 3. The van der Waals surface area contributed by atoms with Crippen molar-refractivity contribution < 1.29 is 9.53 Å². The van der Waals surface area contributed by atoms with Gasteiger partial charge in [0.25, 0.3) is 0 Å². The maximum atomic E-state index is 10.9. The van der Waals surface area contributed by atoms with Gasteiger partial charge in [0.1, 0.15) is 0 Å². The topological polar surface area (TPSA) is 57.0 Å². The standard InChI is InChI=1S/C7H10ClN3O2/c1-13-7(12)6-5-11(10-9-6)4-2-3-8/h5H,2-4H2,1H3. The first-order valence-electron chi connectivity index (χ1n) is 3.82. The molecule has 1 aromatic heterocycles. The van der Waals surface area contributed by atoms with Gasteiger partial charge in [-0.3, -0.25) is 4.68 Å². The average Bonchev–Trinajstić information content (AvgIpc) is 2.62. The van der Waals surface area contributed by atoms with Crippen LogP contribution in [-0.2, 0) is 11.3 Å². The lowest BCUT2D eigenvalue weighted by Gasteiger charge is -1.94. The summed E-state index contributed by atoms with van der Waals surface area (Å²) in [6.07, 6.45) is 2.34. The fraction of sp³-hybridized carbons (Fsp3) is 0.571. The van der Waals surface area contributed by atoms with Crippen LogP contribution in [0.4, 0.5) is 0 Å². The first-order valence-corrected chi connectivity index (χ1v) is 4.35. The van der Waals surface area contributed by atoms with E-state index in [0.717, 1.165) is 6.42 Å². The molecule has 0 fully saturated rings. The molecule has 6 heteroatoms. The van der Waals surface area contributed by atoms with Gasteiger partial charge >= 0.3 is 5.97 Å². The van der Waals surface area contributed by atoms with E-state index in [1.807, 2.05) is 0 Å². The van der Waals surface area contributed by atoms with Crippen molar-refractivity contribution in [1.82, 2.24) is 15.0 Å². The van der Waals surface area contributed by atoms with Crippen molar-refractivity contribution >= 4 is 17.6 Å². The van der Waals surface area contributed by atoms with E-state index in [0.29, 0.717) is 12.4 Å². The first-order chi connectivity index (χ1) is 6.27. The Kier molecular flexibility index (Phi) is 3.70. The van der Waals surface area contributed by atoms with Gasteiger partial charge in [0.2, 0.25) is 0 Å². The number of carbonyl (C=O) groups excluding carboxylic acids is 1. The van der Waals surface area contributed by atoms with Crippen LogP contribution in [0, 0.1) is 0 Å². The number of ether oxygens (including phenoxy) is 1. The molecule has 13 heavy (non-hydrogen) atoms. The van der Waals surface area contributed by atoms with Gasteiger partial charge in [0.15, 0.2) is 5.69 Å². The molecule has 0 amide bonds. The summed E-state index contributed by atoms with van der Waals surface area (Å²) in [5.41, 5.74) is 0.220. The highest BCUT2D eigenvalue weighted by atomic mass is 35.5. The molecule has 0 N–H and O–H groups in total. The van der Waals surface area contributed by atoms with E-state index in [-0.39, 0.29) is 5.69 Å². The summed E-state index contributed by atoms with van der Waals surface area (Å²) in [4.78, 5) is 10.9. The number of hydrogen-bond acceptors (Lipinski definition) is 4. The Morgan fingerprint density at radius 3 is 3.15 bits per heavy atom. The van der Waals surface area contributed by atoms with E-state index in [1.54, 1.807) is 10.9 Å². The van der Waals surface area contributed by atoms with Gasteiger partial charge in [-0.15, -0.1) is 16.7 Å². The fourth-order valence-corrected chi connectivity index (χ4v) is 0.947. The van der Waals surface area contributed by atoms with Gasteiger partial charge in [-0.2, -0.15) is 0 Å². The highest BCUT2D eigenvalue weighted by Gasteiger charge is 2.09. The van der Waals surface area contributed by atoms with Crippen LogP contribution in [0.5, 0.6) is 0 Å². The number of aromatic nitrogens is 3. The lowest BCUT2D eigenvalue weighted by atomic mass is 10.4. The molecule has 0 spiro atoms. The van der Waals surface area contributed by atoms with Crippen molar-refractivity contribution in [2.75, 3.05) is 13.0 Å². The van der Waals surface area contributed by atoms with Crippen LogP contribution >= 0.6 is 11.6 Å². The van der Waals surface area contributed by atoms with Crippen molar-refractivity contribution in [2.45, 2.75) is 13.0 Å². The zero-order valence-electron chi connectivity index (χ0n) is 7.23. The van der Waals surface area contributed by atoms with E-state index in [9.17, 15) is 4.79 Å². The molecular formula is C7H10ClN3O2. The molecule has 0 aliphatic heterocycles. The maximum Gasteiger partial charge on any atom is 0.360 e. The van der Waals surface area contributed by atoms with Crippen molar-refractivity contribution in [3.8, 4) is 0 Å². The zero-order valence-corrected chi connectivity index (χ0v) is 7.99. The number of halogens is 1. The van der Waals surface area contributed by atoms with E-state index in [2.05, 4.69) is 15.0 Å². The van der Waals surface area contributed by atoms with Crippen LogP contribution in [0.25, 0.3) is 0 Å². The molecule has 0 radical (unpaired) electrons. The van der Waals surface area contributed by atoms with Crippen molar-refractivity contribution in [2.24, 2.45) is 0 Å². The van der Waals surface area contributed by atoms with Crippen LogP contribution in [0.3, 0.4) is 0 Å². The molecule has 0 atom stereocenters. The number of rotatable bonds is 4. The lowest BCUT2D eigenvalue weighted by molar-refractivity contribution is 0.0594. The van der Waals surface area contributed by atoms with Crippen LogP contribution in [-0.4, -0.2) is 34.0 Å². The monoisotopic (exact) mass is 203 g/mol. The van der Waals surface area contributed by atoms with Crippen LogP contribution in [0.1, 0.15) is 16.9 Å². The summed E-state index contributed by atoms with van der Waals surface area (Å²) in [5, 5.41) is 7.37. The van der Waals surface area contributed by atoms with E-state index in [4.69, 9.17) is 11.6 Å². The third kappa shape index (κ3) is 2.69. The summed E-state index contributed by atoms with van der Waals surface area (Å²) in [5.74, 6) is 0.0880. The molecule has 1 heterocycles. The lowest BCUT2D eigenvalue weighted by Crippen LogP contribution is -2.01.